The molecule has 0 saturated heterocycles. The summed E-state index contributed by atoms with van der Waals surface area (Å²) in [7, 11) is 1.73. The molecule has 100 valence electrons. The van der Waals surface area contributed by atoms with Crippen molar-refractivity contribution in [1.29, 1.82) is 0 Å². The molecule has 3 rings (SSSR count). The number of aryl methyl sites for hydroxylation is 1. The number of anilines is 1. The van der Waals surface area contributed by atoms with Gasteiger partial charge in [0.2, 0.25) is 5.95 Å². The van der Waals surface area contributed by atoms with Gasteiger partial charge < -0.3 is 9.67 Å². The Balaban J connectivity index is 2.04. The molecule has 0 aliphatic carbocycles. The van der Waals surface area contributed by atoms with Crippen molar-refractivity contribution in [3.8, 4) is 5.75 Å². The van der Waals surface area contributed by atoms with Gasteiger partial charge in [0.15, 0.2) is 11.4 Å². The minimum atomic E-state index is -0.451. The Bertz CT molecular complexity index is 741. The van der Waals surface area contributed by atoms with Crippen molar-refractivity contribution in [2.24, 2.45) is 7.05 Å². The predicted octanol–water partition coefficient (Wildman–Crippen LogP) is 1.93. The van der Waals surface area contributed by atoms with Gasteiger partial charge in [-0.05, 0) is 18.2 Å². The molecule has 6 nitrogen and oxygen atoms in total. The van der Waals surface area contributed by atoms with Crippen molar-refractivity contribution in [3.05, 3.63) is 48.4 Å². The van der Waals surface area contributed by atoms with E-state index >= 15 is 0 Å². The second-order valence-electron chi connectivity index (χ2n) is 4.30. The van der Waals surface area contributed by atoms with Gasteiger partial charge in [0.25, 0.3) is 5.91 Å². The normalized spacial score (nSPS) is 10.7. The van der Waals surface area contributed by atoms with Gasteiger partial charge in [-0.15, -0.1) is 0 Å². The molecule has 20 heavy (non-hydrogen) atoms. The van der Waals surface area contributed by atoms with Crippen molar-refractivity contribution in [1.82, 2.24) is 14.5 Å². The number of fused-ring (bicyclic) bond motifs is 1. The first kappa shape index (κ1) is 12.2. The number of carbonyl (C=O) groups excluding carboxylic acids is 1. The average molecular weight is 268 g/mol. The highest BCUT2D eigenvalue weighted by molar-refractivity contribution is 6.09. The van der Waals surface area contributed by atoms with Crippen LogP contribution in [-0.4, -0.2) is 25.5 Å². The fourth-order valence-corrected chi connectivity index (χ4v) is 2.16. The van der Waals surface area contributed by atoms with Crippen molar-refractivity contribution < 1.29 is 9.90 Å². The van der Waals surface area contributed by atoms with E-state index in [1.807, 2.05) is 18.2 Å². The van der Waals surface area contributed by atoms with Gasteiger partial charge in [0, 0.05) is 24.8 Å². The Kier molecular flexibility index (Phi) is 2.83. The molecular weight excluding hydrogens is 256 g/mol. The third-order valence-corrected chi connectivity index (χ3v) is 3.09. The zero-order chi connectivity index (χ0) is 14.1. The summed E-state index contributed by atoms with van der Waals surface area (Å²) in [6.07, 6.45) is 3.06. The van der Waals surface area contributed by atoms with Crippen LogP contribution in [0.25, 0.3) is 10.9 Å². The van der Waals surface area contributed by atoms with Crippen LogP contribution in [0.1, 0.15) is 10.5 Å². The molecule has 0 bridgehead atoms. The number of hydrogen-bond acceptors (Lipinski definition) is 4. The first-order chi connectivity index (χ1) is 9.68. The Labute approximate surface area is 114 Å². The standard InChI is InChI=1S/C14H12N4O2/c1-18-10-6-3-2-5-9(10)12(19)11(18)13(20)17-14-15-7-4-8-16-14/h2-8,19H,1H3,(H,15,16,17,20). The molecule has 6 heteroatoms. The molecule has 1 amide bonds. The molecule has 0 spiro atoms. The van der Waals surface area contributed by atoms with Gasteiger partial charge in [0.1, 0.15) is 0 Å². The number of nitrogens with one attached hydrogen (secondary N) is 1. The van der Waals surface area contributed by atoms with Gasteiger partial charge in [-0.2, -0.15) is 0 Å². The average Bonchev–Trinajstić information content (AvgIpc) is 2.72. The third kappa shape index (κ3) is 1.87. The van der Waals surface area contributed by atoms with E-state index in [2.05, 4.69) is 15.3 Å². The predicted molar refractivity (Wildman–Crippen MR) is 74.6 cm³/mol. The first-order valence-corrected chi connectivity index (χ1v) is 6.03. The van der Waals surface area contributed by atoms with Crippen LogP contribution in [0.15, 0.2) is 42.7 Å². The second kappa shape index (κ2) is 4.65. The Morgan fingerprint density at radius 1 is 1.20 bits per heavy atom. The van der Waals surface area contributed by atoms with Crippen LogP contribution in [0.4, 0.5) is 5.95 Å². The van der Waals surface area contributed by atoms with Crippen LogP contribution in [0, 0.1) is 0 Å². The van der Waals surface area contributed by atoms with E-state index in [1.165, 1.54) is 12.4 Å². The molecule has 0 aliphatic rings. The number of amides is 1. The molecule has 1 aromatic carbocycles. The van der Waals surface area contributed by atoms with Gasteiger partial charge in [0.05, 0.1) is 5.52 Å². The third-order valence-electron chi connectivity index (χ3n) is 3.09. The Morgan fingerprint density at radius 2 is 1.90 bits per heavy atom. The summed E-state index contributed by atoms with van der Waals surface area (Å²) < 4.78 is 1.64. The van der Waals surface area contributed by atoms with Crippen LogP contribution in [0.3, 0.4) is 0 Å². The Hall–Kier alpha value is -2.89. The first-order valence-electron chi connectivity index (χ1n) is 6.03. The van der Waals surface area contributed by atoms with Crippen molar-refractivity contribution in [3.63, 3.8) is 0 Å². The van der Waals surface area contributed by atoms with Crippen LogP contribution in [0.5, 0.6) is 5.75 Å². The molecule has 2 N–H and O–H groups in total. The molecule has 0 atom stereocenters. The molecule has 0 saturated carbocycles. The quantitative estimate of drug-likeness (QED) is 0.744. The summed E-state index contributed by atoms with van der Waals surface area (Å²) in [4.78, 5) is 20.1. The lowest BCUT2D eigenvalue weighted by Gasteiger charge is -2.05. The molecular formula is C14H12N4O2. The summed E-state index contributed by atoms with van der Waals surface area (Å²) >= 11 is 0. The van der Waals surface area contributed by atoms with E-state index in [1.54, 1.807) is 23.7 Å². The Morgan fingerprint density at radius 3 is 2.60 bits per heavy atom. The van der Waals surface area contributed by atoms with E-state index in [0.29, 0.717) is 5.39 Å². The summed E-state index contributed by atoms with van der Waals surface area (Å²) in [6.45, 7) is 0. The summed E-state index contributed by atoms with van der Waals surface area (Å²) in [5.41, 5.74) is 0.961. The van der Waals surface area contributed by atoms with E-state index < -0.39 is 5.91 Å². The van der Waals surface area contributed by atoms with E-state index in [0.717, 1.165) is 5.52 Å². The molecule has 2 aromatic heterocycles. The molecule has 3 aromatic rings. The lowest BCUT2D eigenvalue weighted by molar-refractivity contribution is 0.101. The fraction of sp³-hybridized carbons (Fsp3) is 0.0714. The molecule has 0 unspecified atom stereocenters. The van der Waals surface area contributed by atoms with Gasteiger partial charge in [-0.1, -0.05) is 12.1 Å². The summed E-state index contributed by atoms with van der Waals surface area (Å²) in [5, 5.41) is 13.4. The van der Waals surface area contributed by atoms with Crippen molar-refractivity contribution in [2.45, 2.75) is 0 Å². The second-order valence-corrected chi connectivity index (χ2v) is 4.30. The number of hydrogen-bond donors (Lipinski definition) is 2. The van der Waals surface area contributed by atoms with E-state index in [4.69, 9.17) is 0 Å². The van der Waals surface area contributed by atoms with Gasteiger partial charge >= 0.3 is 0 Å². The molecule has 0 radical (unpaired) electrons. The number of aromatic hydroxyl groups is 1. The number of nitrogens with zero attached hydrogens (tertiary/aromatic N) is 3. The maximum atomic E-state index is 12.3. The smallest absolute Gasteiger partial charge is 0.278 e. The number of benzene rings is 1. The maximum Gasteiger partial charge on any atom is 0.278 e. The largest absolute Gasteiger partial charge is 0.505 e. The van der Waals surface area contributed by atoms with Crippen LogP contribution < -0.4 is 5.32 Å². The summed E-state index contributed by atoms with van der Waals surface area (Å²) in [6, 6.07) is 8.92. The van der Waals surface area contributed by atoms with E-state index in [9.17, 15) is 9.90 Å². The highest BCUT2D eigenvalue weighted by Gasteiger charge is 2.20. The van der Waals surface area contributed by atoms with E-state index in [-0.39, 0.29) is 17.4 Å². The van der Waals surface area contributed by atoms with Crippen molar-refractivity contribution in [2.75, 3.05) is 5.32 Å². The van der Waals surface area contributed by atoms with Gasteiger partial charge in [-0.3, -0.25) is 10.1 Å². The van der Waals surface area contributed by atoms with Crippen LogP contribution in [-0.2, 0) is 7.05 Å². The minimum Gasteiger partial charge on any atom is -0.505 e. The number of aromatic nitrogens is 3. The number of para-hydroxylation sites is 1. The number of rotatable bonds is 2. The highest BCUT2D eigenvalue weighted by Crippen LogP contribution is 2.31. The minimum absolute atomic E-state index is 0.0449. The molecule has 0 aliphatic heterocycles. The molecule has 0 fully saturated rings. The summed E-state index contributed by atoms with van der Waals surface area (Å²) in [5.74, 6) is -0.300. The van der Waals surface area contributed by atoms with Gasteiger partial charge in [-0.25, -0.2) is 9.97 Å². The van der Waals surface area contributed by atoms with Crippen LogP contribution in [0.2, 0.25) is 0 Å². The lowest BCUT2D eigenvalue weighted by Crippen LogP contribution is -2.17. The lowest BCUT2D eigenvalue weighted by atomic mass is 10.2. The zero-order valence-corrected chi connectivity index (χ0v) is 10.7. The zero-order valence-electron chi connectivity index (χ0n) is 10.7. The maximum absolute atomic E-state index is 12.3. The SMILES string of the molecule is Cn1c(C(=O)Nc2ncccn2)c(O)c2ccccc21. The number of carbonyl (C=O) groups is 1. The molecule has 2 heterocycles. The van der Waals surface area contributed by atoms with Crippen LogP contribution >= 0.6 is 0 Å². The topological polar surface area (TPSA) is 80.0 Å². The van der Waals surface area contributed by atoms with Crippen molar-refractivity contribution >= 4 is 22.8 Å². The highest BCUT2D eigenvalue weighted by atomic mass is 16.3. The fourth-order valence-electron chi connectivity index (χ4n) is 2.16. The monoisotopic (exact) mass is 268 g/mol.